The number of esters is 1. The number of nitrogens with zero attached hydrogens (tertiary/aromatic N) is 1. The van der Waals surface area contributed by atoms with Gasteiger partial charge in [0.25, 0.3) is 5.91 Å². The summed E-state index contributed by atoms with van der Waals surface area (Å²) in [5.41, 5.74) is 0.785. The van der Waals surface area contributed by atoms with Gasteiger partial charge in [-0.05, 0) is 44.4 Å². The normalized spacial score (nSPS) is 23.6. The minimum absolute atomic E-state index is 0.00135. The van der Waals surface area contributed by atoms with Crippen LogP contribution in [-0.2, 0) is 9.53 Å². The Hall–Kier alpha value is -2.87. The van der Waals surface area contributed by atoms with E-state index in [1.807, 2.05) is 0 Å². The fraction of sp³-hybridized carbons (Fsp3) is 0.381. The number of benzene rings is 1. The van der Waals surface area contributed by atoms with E-state index in [1.165, 1.54) is 18.3 Å². The van der Waals surface area contributed by atoms with Crippen LogP contribution in [0.15, 0.2) is 36.7 Å². The van der Waals surface area contributed by atoms with Gasteiger partial charge in [0, 0.05) is 29.5 Å². The average Bonchev–Trinajstić information content (AvgIpc) is 2.67. The van der Waals surface area contributed by atoms with Crippen molar-refractivity contribution in [2.75, 3.05) is 18.5 Å². The van der Waals surface area contributed by atoms with Gasteiger partial charge in [0.05, 0.1) is 22.9 Å². The number of aromatic nitrogens is 1. The number of pyridine rings is 1. The van der Waals surface area contributed by atoms with E-state index in [0.717, 1.165) is 31.0 Å². The zero-order valence-corrected chi connectivity index (χ0v) is 17.1. The summed E-state index contributed by atoms with van der Waals surface area (Å²) >= 11 is 5.63. The summed E-state index contributed by atoms with van der Waals surface area (Å²) in [6.45, 7) is 1.86. The lowest BCUT2D eigenvalue weighted by Gasteiger charge is -2.70. The molecule has 0 aliphatic heterocycles. The topological polar surface area (TPSA) is 89.5 Å². The third kappa shape index (κ3) is 4.05. The van der Waals surface area contributed by atoms with Crippen LogP contribution in [-0.4, -0.2) is 41.2 Å². The van der Waals surface area contributed by atoms with E-state index in [1.54, 1.807) is 19.2 Å². The van der Waals surface area contributed by atoms with Gasteiger partial charge in [-0.25, -0.2) is 9.18 Å². The van der Waals surface area contributed by atoms with E-state index in [2.05, 4.69) is 15.6 Å². The highest BCUT2D eigenvalue weighted by atomic mass is 35.5. The van der Waals surface area contributed by atoms with Gasteiger partial charge in [-0.15, -0.1) is 0 Å². The molecule has 158 valence electrons. The van der Waals surface area contributed by atoms with E-state index >= 15 is 0 Å². The molecule has 3 fully saturated rings. The summed E-state index contributed by atoms with van der Waals surface area (Å²) in [5.74, 6) is -1.01. The van der Waals surface area contributed by atoms with Crippen molar-refractivity contribution in [2.45, 2.75) is 37.3 Å². The number of halogens is 2. The molecule has 0 unspecified atom stereocenters. The predicted octanol–water partition coefficient (Wildman–Crippen LogP) is 3.33. The summed E-state index contributed by atoms with van der Waals surface area (Å²) in [4.78, 5) is 28.2. The van der Waals surface area contributed by atoms with Crippen molar-refractivity contribution >= 4 is 29.2 Å². The molecule has 3 aliphatic carbocycles. The first-order valence-electron chi connectivity index (χ1n) is 9.61. The zero-order chi connectivity index (χ0) is 21.4. The molecule has 1 aromatic heterocycles. The number of carbonyl (C=O) groups is 2. The number of carbonyl (C=O) groups excluding carboxylic acids is 2. The first kappa shape index (κ1) is 20.4. The molecule has 1 aromatic carbocycles. The van der Waals surface area contributed by atoms with Gasteiger partial charge >= 0.3 is 5.97 Å². The molecule has 7 nitrogen and oxygen atoms in total. The molecule has 2 aromatic rings. The fourth-order valence-electron chi connectivity index (χ4n) is 4.24. The van der Waals surface area contributed by atoms with E-state index in [4.69, 9.17) is 21.1 Å². The molecule has 3 saturated carbocycles. The number of ether oxygens (including phenoxy) is 2. The third-order valence-corrected chi connectivity index (χ3v) is 5.66. The van der Waals surface area contributed by atoms with Crippen molar-refractivity contribution in [3.05, 3.63) is 53.1 Å². The van der Waals surface area contributed by atoms with Crippen molar-refractivity contribution in [1.82, 2.24) is 10.3 Å². The van der Waals surface area contributed by atoms with E-state index < -0.39 is 11.8 Å². The van der Waals surface area contributed by atoms with Gasteiger partial charge in [-0.2, -0.15) is 0 Å². The second-order valence-corrected chi connectivity index (χ2v) is 8.22. The van der Waals surface area contributed by atoms with Gasteiger partial charge in [0.1, 0.15) is 11.6 Å². The molecule has 1 heterocycles. The Morgan fingerprint density at radius 3 is 2.67 bits per heavy atom. The van der Waals surface area contributed by atoms with Crippen molar-refractivity contribution in [3.8, 4) is 5.75 Å². The minimum atomic E-state index is -0.594. The molecule has 2 N–H and O–H groups in total. The minimum Gasteiger partial charge on any atom is -0.484 e. The molecule has 1 amide bonds. The highest BCUT2D eigenvalue weighted by molar-refractivity contribution is 6.30. The lowest BCUT2D eigenvalue weighted by atomic mass is 9.44. The third-order valence-electron chi connectivity index (χ3n) is 5.35. The molecule has 2 bridgehead atoms. The largest absolute Gasteiger partial charge is 0.484 e. The Morgan fingerprint density at radius 1 is 1.20 bits per heavy atom. The maximum absolute atomic E-state index is 13.4. The Kier molecular flexibility index (Phi) is 5.27. The number of rotatable bonds is 8. The second-order valence-electron chi connectivity index (χ2n) is 7.81. The molecule has 0 atom stereocenters. The Labute approximate surface area is 177 Å². The number of nitrogens with one attached hydrogen (secondary N) is 2. The van der Waals surface area contributed by atoms with E-state index in [0.29, 0.717) is 12.2 Å². The summed E-state index contributed by atoms with van der Waals surface area (Å²) in [5, 5.41) is 6.42. The average molecular weight is 434 g/mol. The number of anilines is 1. The smallest absolute Gasteiger partial charge is 0.339 e. The Morgan fingerprint density at radius 2 is 1.97 bits per heavy atom. The highest BCUT2D eigenvalue weighted by Gasteiger charge is 2.68. The van der Waals surface area contributed by atoms with Crippen LogP contribution < -0.4 is 15.4 Å². The molecular weight excluding hydrogens is 413 g/mol. The van der Waals surface area contributed by atoms with Crippen LogP contribution >= 0.6 is 11.6 Å². The molecule has 0 radical (unpaired) electrons. The first-order valence-corrected chi connectivity index (χ1v) is 9.99. The lowest BCUT2D eigenvalue weighted by molar-refractivity contribution is -0.135. The quantitative estimate of drug-likeness (QED) is 0.621. The van der Waals surface area contributed by atoms with Crippen molar-refractivity contribution in [3.63, 3.8) is 0 Å². The van der Waals surface area contributed by atoms with Crippen molar-refractivity contribution in [1.29, 1.82) is 0 Å². The maximum Gasteiger partial charge on any atom is 0.339 e. The monoisotopic (exact) mass is 433 g/mol. The summed E-state index contributed by atoms with van der Waals surface area (Å²) < 4.78 is 23.8. The zero-order valence-electron chi connectivity index (χ0n) is 16.3. The van der Waals surface area contributed by atoms with Crippen LogP contribution in [0.4, 0.5) is 10.1 Å². The molecule has 30 heavy (non-hydrogen) atoms. The molecule has 0 saturated heterocycles. The standard InChI is InChI=1S/C21H21ClFN3O4/c1-2-29-19(28)13-5-14(8-24-7-13)25-20-10-21(11-20,12-20)26-18(27)9-30-15-3-4-16(22)17(23)6-15/h3-8,25H,2,9-12H2,1H3,(H,26,27). The van der Waals surface area contributed by atoms with Crippen molar-refractivity contribution < 1.29 is 23.5 Å². The van der Waals surface area contributed by atoms with Crippen LogP contribution in [0.3, 0.4) is 0 Å². The number of hydrogen-bond acceptors (Lipinski definition) is 6. The highest BCUT2D eigenvalue weighted by Crippen LogP contribution is 2.61. The Bertz CT molecular complexity index is 980. The van der Waals surface area contributed by atoms with E-state index in [9.17, 15) is 14.0 Å². The molecular formula is C21H21ClFN3O4. The van der Waals surface area contributed by atoms with Gasteiger partial charge in [-0.1, -0.05) is 11.6 Å². The van der Waals surface area contributed by atoms with Crippen LogP contribution in [0.1, 0.15) is 36.5 Å². The molecule has 5 rings (SSSR count). The van der Waals surface area contributed by atoms with Crippen LogP contribution in [0.2, 0.25) is 5.02 Å². The number of amides is 1. The second kappa shape index (κ2) is 7.75. The van der Waals surface area contributed by atoms with Gasteiger partial charge < -0.3 is 20.1 Å². The van der Waals surface area contributed by atoms with Crippen LogP contribution in [0, 0.1) is 5.82 Å². The van der Waals surface area contributed by atoms with Crippen LogP contribution in [0.5, 0.6) is 5.75 Å². The lowest BCUT2D eigenvalue weighted by Crippen LogP contribution is -2.81. The van der Waals surface area contributed by atoms with Gasteiger partial charge in [0.15, 0.2) is 6.61 Å². The molecule has 9 heteroatoms. The predicted molar refractivity (Wildman–Crippen MR) is 108 cm³/mol. The maximum atomic E-state index is 13.4. The Balaban J connectivity index is 1.25. The summed E-state index contributed by atoms with van der Waals surface area (Å²) in [7, 11) is 0. The van der Waals surface area contributed by atoms with Crippen molar-refractivity contribution in [2.24, 2.45) is 0 Å². The van der Waals surface area contributed by atoms with Crippen LogP contribution in [0.25, 0.3) is 0 Å². The van der Waals surface area contributed by atoms with Gasteiger partial charge in [-0.3, -0.25) is 9.78 Å². The first-order chi connectivity index (χ1) is 14.3. The number of hydrogen-bond donors (Lipinski definition) is 2. The van der Waals surface area contributed by atoms with Gasteiger partial charge in [0.2, 0.25) is 0 Å². The SMILES string of the molecule is CCOC(=O)c1cncc(NC23CC(NC(=O)COc4ccc(Cl)c(F)c4)(C2)C3)c1. The fourth-order valence-corrected chi connectivity index (χ4v) is 4.36. The van der Waals surface area contributed by atoms with E-state index in [-0.39, 0.29) is 34.4 Å². The molecule has 0 spiro atoms. The summed E-state index contributed by atoms with van der Waals surface area (Å²) in [6.07, 6.45) is 5.44. The summed E-state index contributed by atoms with van der Waals surface area (Å²) in [6, 6.07) is 5.76. The molecule has 3 aliphatic rings.